The minimum absolute atomic E-state index is 0.137. The molecule has 0 amide bonds. The molecule has 0 saturated carbocycles. The van der Waals surface area contributed by atoms with Crippen molar-refractivity contribution in [3.63, 3.8) is 0 Å². The number of nitrogens with zero attached hydrogens (tertiary/aromatic N) is 1. The van der Waals surface area contributed by atoms with Crippen molar-refractivity contribution in [2.45, 2.75) is 19.8 Å². The van der Waals surface area contributed by atoms with E-state index in [4.69, 9.17) is 5.11 Å². The number of carbonyl (C=O) groups is 1. The number of non-ortho nitro benzene ring substituents is 1. The lowest BCUT2D eigenvalue weighted by Gasteiger charge is -1.85. The predicted octanol–water partition coefficient (Wildman–Crippen LogP) is 2.47. The molecule has 0 radical (unpaired) electrons. The second kappa shape index (κ2) is 7.49. The minimum atomic E-state index is -0.711. The van der Waals surface area contributed by atoms with Crippen LogP contribution in [0.2, 0.25) is 0 Å². The first-order valence-corrected chi connectivity index (χ1v) is 4.49. The summed E-state index contributed by atoms with van der Waals surface area (Å²) in [6.45, 7) is 1.84. The molecule has 15 heavy (non-hydrogen) atoms. The molecule has 0 spiro atoms. The van der Waals surface area contributed by atoms with E-state index in [1.807, 2.05) is 6.92 Å². The lowest BCUT2D eigenvalue weighted by molar-refractivity contribution is -0.384. The number of benzene rings is 1. The summed E-state index contributed by atoms with van der Waals surface area (Å²) in [4.78, 5) is 19.2. The topological polar surface area (TPSA) is 80.4 Å². The van der Waals surface area contributed by atoms with Crippen molar-refractivity contribution >= 4 is 11.7 Å². The highest BCUT2D eigenvalue weighted by atomic mass is 16.6. The Morgan fingerprint density at radius 1 is 1.40 bits per heavy atom. The van der Waals surface area contributed by atoms with Crippen LogP contribution in [0.15, 0.2) is 30.3 Å². The molecular formula is C10H13NO4. The largest absolute Gasteiger partial charge is 0.481 e. The molecule has 0 aromatic heterocycles. The van der Waals surface area contributed by atoms with Crippen LogP contribution in [-0.2, 0) is 4.79 Å². The van der Waals surface area contributed by atoms with Gasteiger partial charge in [-0.05, 0) is 6.42 Å². The Morgan fingerprint density at radius 3 is 2.13 bits per heavy atom. The van der Waals surface area contributed by atoms with Crippen LogP contribution in [0.25, 0.3) is 0 Å². The third kappa shape index (κ3) is 7.18. The van der Waals surface area contributed by atoms with E-state index in [9.17, 15) is 14.9 Å². The first-order chi connectivity index (χ1) is 7.07. The van der Waals surface area contributed by atoms with Crippen molar-refractivity contribution < 1.29 is 14.8 Å². The standard InChI is InChI=1S/C6H5NO2.C4H8O2/c8-7(9)6-4-2-1-3-5-6;1-2-3-4(5)6/h1-5H;2-3H2,1H3,(H,5,6). The lowest BCUT2D eigenvalue weighted by Crippen LogP contribution is -1.90. The third-order valence-corrected chi connectivity index (χ3v) is 1.43. The van der Waals surface area contributed by atoms with Crippen molar-refractivity contribution in [2.24, 2.45) is 0 Å². The number of carboxylic acid groups (broad SMARTS) is 1. The maximum absolute atomic E-state index is 10.0. The van der Waals surface area contributed by atoms with Crippen LogP contribution >= 0.6 is 0 Å². The van der Waals surface area contributed by atoms with Gasteiger partial charge in [-0.25, -0.2) is 0 Å². The summed E-state index contributed by atoms with van der Waals surface area (Å²) in [5.74, 6) is -0.711. The highest BCUT2D eigenvalue weighted by molar-refractivity contribution is 5.66. The molecule has 0 bridgehead atoms. The molecule has 0 heterocycles. The van der Waals surface area contributed by atoms with Gasteiger partial charge in [0.1, 0.15) is 0 Å². The fourth-order valence-electron chi connectivity index (χ4n) is 0.764. The molecule has 0 fully saturated rings. The molecule has 0 aliphatic rings. The Hall–Kier alpha value is -1.91. The summed E-state index contributed by atoms with van der Waals surface area (Å²) in [5.41, 5.74) is 0.137. The maximum atomic E-state index is 10.0. The number of aliphatic carboxylic acids is 1. The SMILES string of the molecule is CCCC(=O)O.O=[N+]([O-])c1ccccc1. The van der Waals surface area contributed by atoms with Gasteiger partial charge in [-0.1, -0.05) is 25.1 Å². The molecule has 1 aromatic rings. The third-order valence-electron chi connectivity index (χ3n) is 1.43. The van der Waals surface area contributed by atoms with Crippen molar-refractivity contribution in [1.29, 1.82) is 0 Å². The van der Waals surface area contributed by atoms with Gasteiger partial charge in [-0.15, -0.1) is 0 Å². The lowest BCUT2D eigenvalue weighted by atomic mass is 10.3. The number of rotatable bonds is 3. The molecule has 1 aromatic carbocycles. The number of nitro groups is 1. The zero-order chi connectivity index (χ0) is 11.7. The van der Waals surface area contributed by atoms with E-state index in [1.165, 1.54) is 12.1 Å². The molecule has 5 heteroatoms. The first-order valence-electron chi connectivity index (χ1n) is 4.49. The molecule has 0 unspecified atom stereocenters. The highest BCUT2D eigenvalue weighted by Gasteiger charge is 1.98. The second-order valence-corrected chi connectivity index (χ2v) is 2.74. The minimum Gasteiger partial charge on any atom is -0.481 e. The Balaban J connectivity index is 0.000000288. The maximum Gasteiger partial charge on any atom is 0.303 e. The van der Waals surface area contributed by atoms with Gasteiger partial charge in [0, 0.05) is 18.6 Å². The molecule has 82 valence electrons. The molecule has 0 aliphatic carbocycles. The Labute approximate surface area is 87.5 Å². The summed E-state index contributed by atoms with van der Waals surface area (Å²) >= 11 is 0. The summed E-state index contributed by atoms with van der Waals surface area (Å²) in [6.07, 6.45) is 1.02. The van der Waals surface area contributed by atoms with Gasteiger partial charge in [0.25, 0.3) is 5.69 Å². The fraction of sp³-hybridized carbons (Fsp3) is 0.300. The average Bonchev–Trinajstić information content (AvgIpc) is 2.20. The molecule has 0 saturated heterocycles. The Kier molecular flexibility index (Phi) is 6.54. The van der Waals surface area contributed by atoms with Crippen molar-refractivity contribution in [3.05, 3.63) is 40.4 Å². The monoisotopic (exact) mass is 211 g/mol. The van der Waals surface area contributed by atoms with Crippen LogP contribution in [-0.4, -0.2) is 16.0 Å². The summed E-state index contributed by atoms with van der Waals surface area (Å²) in [6, 6.07) is 7.93. The van der Waals surface area contributed by atoms with E-state index in [0.717, 1.165) is 6.42 Å². The Bertz CT molecular complexity index is 310. The van der Waals surface area contributed by atoms with Crippen LogP contribution in [0, 0.1) is 10.1 Å². The quantitative estimate of drug-likeness (QED) is 0.615. The van der Waals surface area contributed by atoms with Crippen LogP contribution in [0.1, 0.15) is 19.8 Å². The van der Waals surface area contributed by atoms with Crippen molar-refractivity contribution in [1.82, 2.24) is 0 Å². The number of hydrogen-bond donors (Lipinski definition) is 1. The van der Waals surface area contributed by atoms with E-state index in [0.29, 0.717) is 6.42 Å². The number of hydrogen-bond acceptors (Lipinski definition) is 3. The smallest absolute Gasteiger partial charge is 0.303 e. The molecule has 0 atom stereocenters. The number of carboxylic acids is 1. The highest BCUT2D eigenvalue weighted by Crippen LogP contribution is 2.06. The van der Waals surface area contributed by atoms with E-state index in [1.54, 1.807) is 18.2 Å². The average molecular weight is 211 g/mol. The molecule has 1 N–H and O–H groups in total. The van der Waals surface area contributed by atoms with Crippen molar-refractivity contribution in [3.8, 4) is 0 Å². The van der Waals surface area contributed by atoms with Crippen LogP contribution < -0.4 is 0 Å². The van der Waals surface area contributed by atoms with Crippen LogP contribution in [0.4, 0.5) is 5.69 Å². The molecule has 5 nitrogen and oxygen atoms in total. The second-order valence-electron chi connectivity index (χ2n) is 2.74. The van der Waals surface area contributed by atoms with Gasteiger partial charge in [0.15, 0.2) is 0 Å². The molecule has 0 aliphatic heterocycles. The predicted molar refractivity (Wildman–Crippen MR) is 55.6 cm³/mol. The van der Waals surface area contributed by atoms with E-state index in [-0.39, 0.29) is 5.69 Å². The number of para-hydroxylation sites is 1. The van der Waals surface area contributed by atoms with E-state index in [2.05, 4.69) is 0 Å². The normalized spacial score (nSPS) is 8.60. The summed E-state index contributed by atoms with van der Waals surface area (Å²) in [5, 5.41) is 17.9. The Morgan fingerprint density at radius 2 is 1.93 bits per heavy atom. The summed E-state index contributed by atoms with van der Waals surface area (Å²) in [7, 11) is 0. The van der Waals surface area contributed by atoms with E-state index < -0.39 is 10.9 Å². The van der Waals surface area contributed by atoms with Crippen LogP contribution in [0.5, 0.6) is 0 Å². The van der Waals surface area contributed by atoms with E-state index >= 15 is 0 Å². The molecular weight excluding hydrogens is 198 g/mol. The number of nitro benzene ring substituents is 1. The first kappa shape index (κ1) is 13.1. The van der Waals surface area contributed by atoms with Crippen LogP contribution in [0.3, 0.4) is 0 Å². The fourth-order valence-corrected chi connectivity index (χ4v) is 0.764. The van der Waals surface area contributed by atoms with Gasteiger partial charge in [-0.2, -0.15) is 0 Å². The van der Waals surface area contributed by atoms with Crippen molar-refractivity contribution in [2.75, 3.05) is 0 Å². The zero-order valence-corrected chi connectivity index (χ0v) is 8.42. The van der Waals surface area contributed by atoms with Gasteiger partial charge in [0.05, 0.1) is 4.92 Å². The summed E-state index contributed by atoms with van der Waals surface area (Å²) < 4.78 is 0. The van der Waals surface area contributed by atoms with Gasteiger partial charge in [-0.3, -0.25) is 14.9 Å². The van der Waals surface area contributed by atoms with Gasteiger partial charge in [0.2, 0.25) is 0 Å². The van der Waals surface area contributed by atoms with Gasteiger partial charge < -0.3 is 5.11 Å². The zero-order valence-electron chi connectivity index (χ0n) is 8.42. The van der Waals surface area contributed by atoms with Gasteiger partial charge >= 0.3 is 5.97 Å². The molecule has 1 rings (SSSR count).